The van der Waals surface area contributed by atoms with E-state index >= 15 is 0 Å². The number of nitrogens with zero attached hydrogens (tertiary/aromatic N) is 3. The number of ether oxygens (including phenoxy) is 2. The van der Waals surface area contributed by atoms with Crippen LogP contribution in [0, 0.1) is 0 Å². The predicted octanol–water partition coefficient (Wildman–Crippen LogP) is 4.70. The summed E-state index contributed by atoms with van der Waals surface area (Å²) in [7, 11) is 0. The van der Waals surface area contributed by atoms with Crippen molar-refractivity contribution in [3.63, 3.8) is 0 Å². The molecule has 3 rings (SSSR count). The minimum Gasteiger partial charge on any atom is -0.481 e. The van der Waals surface area contributed by atoms with Gasteiger partial charge in [0.15, 0.2) is 6.61 Å². The number of hydrogen-bond acceptors (Lipinski definition) is 6. The van der Waals surface area contributed by atoms with Gasteiger partial charge >= 0.3 is 5.97 Å². The number of carbonyl (C=O) groups is 1. The Morgan fingerprint density at radius 1 is 1.16 bits per heavy atom. The van der Waals surface area contributed by atoms with Crippen LogP contribution in [0.3, 0.4) is 0 Å². The standard InChI is InChI=1S/C22H21Br2N3O4/c1-3-5-20-26-18-8-6-16(24)11-17(18)22(29)27(20)25-12-14-10-15(23)7-9-19(14)31-13-21(28)30-4-2/h6-12H,3-5,13H2,1-2H3. The maximum Gasteiger partial charge on any atom is 0.344 e. The third-order valence-electron chi connectivity index (χ3n) is 4.28. The zero-order valence-corrected chi connectivity index (χ0v) is 20.3. The molecule has 0 N–H and O–H groups in total. The molecule has 7 nitrogen and oxygen atoms in total. The zero-order valence-electron chi connectivity index (χ0n) is 17.1. The lowest BCUT2D eigenvalue weighted by Crippen LogP contribution is -2.22. The van der Waals surface area contributed by atoms with E-state index in [1.54, 1.807) is 31.2 Å². The van der Waals surface area contributed by atoms with Gasteiger partial charge < -0.3 is 9.47 Å². The van der Waals surface area contributed by atoms with E-state index in [2.05, 4.69) is 41.9 Å². The number of halogens is 2. The monoisotopic (exact) mass is 549 g/mol. The fraction of sp³-hybridized carbons (Fsp3) is 0.273. The number of benzene rings is 2. The third kappa shape index (κ3) is 5.80. The summed E-state index contributed by atoms with van der Waals surface area (Å²) in [6.45, 7) is 3.81. The lowest BCUT2D eigenvalue weighted by molar-refractivity contribution is -0.145. The Labute approximate surface area is 196 Å². The van der Waals surface area contributed by atoms with Gasteiger partial charge in [0.2, 0.25) is 0 Å². The lowest BCUT2D eigenvalue weighted by Gasteiger charge is -2.11. The molecular weight excluding hydrogens is 530 g/mol. The van der Waals surface area contributed by atoms with Crippen molar-refractivity contribution in [2.24, 2.45) is 5.10 Å². The normalized spacial score (nSPS) is 11.2. The summed E-state index contributed by atoms with van der Waals surface area (Å²) in [4.78, 5) is 29.4. The molecule has 0 spiro atoms. The van der Waals surface area contributed by atoms with Crippen molar-refractivity contribution in [3.8, 4) is 5.75 Å². The molecule has 0 saturated carbocycles. The Balaban J connectivity index is 2.02. The van der Waals surface area contributed by atoms with E-state index in [9.17, 15) is 9.59 Å². The fourth-order valence-corrected chi connectivity index (χ4v) is 3.65. The predicted molar refractivity (Wildman–Crippen MR) is 127 cm³/mol. The van der Waals surface area contributed by atoms with Crippen molar-refractivity contribution >= 4 is 54.9 Å². The average molecular weight is 551 g/mol. The van der Waals surface area contributed by atoms with Crippen molar-refractivity contribution < 1.29 is 14.3 Å². The van der Waals surface area contributed by atoms with Crippen LogP contribution in [0.4, 0.5) is 0 Å². The summed E-state index contributed by atoms with van der Waals surface area (Å²) in [5.41, 5.74) is 0.973. The van der Waals surface area contributed by atoms with Crippen molar-refractivity contribution in [2.45, 2.75) is 26.7 Å². The number of aryl methyl sites for hydroxylation is 1. The SMILES string of the molecule is CCCc1nc2ccc(Br)cc2c(=O)n1N=Cc1cc(Br)ccc1OCC(=O)OCC. The maximum atomic E-state index is 13.1. The minimum atomic E-state index is -0.459. The Hall–Kier alpha value is -2.52. The molecule has 1 aromatic heterocycles. The maximum absolute atomic E-state index is 13.1. The van der Waals surface area contributed by atoms with Crippen LogP contribution < -0.4 is 10.3 Å². The van der Waals surface area contributed by atoms with Gasteiger partial charge in [0.05, 0.1) is 23.7 Å². The van der Waals surface area contributed by atoms with E-state index in [0.29, 0.717) is 34.5 Å². The van der Waals surface area contributed by atoms with Crippen molar-refractivity contribution in [3.05, 3.63) is 67.1 Å². The molecule has 31 heavy (non-hydrogen) atoms. The van der Waals surface area contributed by atoms with E-state index in [1.807, 2.05) is 19.1 Å². The van der Waals surface area contributed by atoms with Crippen LogP contribution in [0.1, 0.15) is 31.7 Å². The summed E-state index contributed by atoms with van der Waals surface area (Å²) in [6.07, 6.45) is 2.94. The minimum absolute atomic E-state index is 0.219. The second-order valence-corrected chi connectivity index (χ2v) is 8.41. The average Bonchev–Trinajstić information content (AvgIpc) is 2.74. The first kappa shape index (κ1) is 23.1. The van der Waals surface area contributed by atoms with Gasteiger partial charge in [0.1, 0.15) is 11.6 Å². The van der Waals surface area contributed by atoms with Crippen LogP contribution in [0.15, 0.2) is 55.2 Å². The van der Waals surface area contributed by atoms with Crippen LogP contribution in [0.2, 0.25) is 0 Å². The highest BCUT2D eigenvalue weighted by Gasteiger charge is 2.12. The molecule has 1 heterocycles. The third-order valence-corrected chi connectivity index (χ3v) is 5.27. The first-order valence-corrected chi connectivity index (χ1v) is 11.3. The Kier molecular flexibility index (Phi) is 7.97. The van der Waals surface area contributed by atoms with Gasteiger partial charge in [0.25, 0.3) is 5.56 Å². The second kappa shape index (κ2) is 10.7. The first-order chi connectivity index (χ1) is 14.9. The zero-order chi connectivity index (χ0) is 22.4. The van der Waals surface area contributed by atoms with Gasteiger partial charge in [-0.15, -0.1) is 0 Å². The summed E-state index contributed by atoms with van der Waals surface area (Å²) in [5.74, 6) is 0.559. The Bertz CT molecular complexity index is 1190. The molecule has 0 bridgehead atoms. The van der Waals surface area contributed by atoms with Gasteiger partial charge in [-0.05, 0) is 49.7 Å². The highest BCUT2D eigenvalue weighted by Crippen LogP contribution is 2.22. The van der Waals surface area contributed by atoms with E-state index in [-0.39, 0.29) is 18.8 Å². The molecule has 9 heteroatoms. The molecule has 0 unspecified atom stereocenters. The number of aromatic nitrogens is 2. The van der Waals surface area contributed by atoms with Crippen molar-refractivity contribution in [1.82, 2.24) is 9.66 Å². The van der Waals surface area contributed by atoms with Crippen LogP contribution >= 0.6 is 31.9 Å². The molecule has 0 aliphatic carbocycles. The fourth-order valence-electron chi connectivity index (χ4n) is 2.91. The van der Waals surface area contributed by atoms with Crippen molar-refractivity contribution in [1.29, 1.82) is 0 Å². The molecule has 0 saturated heterocycles. The molecule has 0 aliphatic rings. The van der Waals surface area contributed by atoms with E-state index in [1.165, 1.54) is 10.9 Å². The molecule has 3 aromatic rings. The number of esters is 1. The van der Waals surface area contributed by atoms with Gasteiger partial charge in [-0.3, -0.25) is 4.79 Å². The Morgan fingerprint density at radius 2 is 1.90 bits per heavy atom. The summed E-state index contributed by atoms with van der Waals surface area (Å²) in [5, 5.41) is 4.90. The first-order valence-electron chi connectivity index (χ1n) is 9.76. The number of carbonyl (C=O) groups excluding carboxylic acids is 1. The highest BCUT2D eigenvalue weighted by atomic mass is 79.9. The van der Waals surface area contributed by atoms with Gasteiger partial charge in [-0.25, -0.2) is 9.78 Å². The largest absolute Gasteiger partial charge is 0.481 e. The molecule has 0 radical (unpaired) electrons. The smallest absolute Gasteiger partial charge is 0.344 e. The molecule has 0 fully saturated rings. The van der Waals surface area contributed by atoms with E-state index < -0.39 is 5.97 Å². The Morgan fingerprint density at radius 3 is 2.65 bits per heavy atom. The highest BCUT2D eigenvalue weighted by molar-refractivity contribution is 9.10. The van der Waals surface area contributed by atoms with Gasteiger partial charge in [-0.1, -0.05) is 38.8 Å². The topological polar surface area (TPSA) is 82.8 Å². The van der Waals surface area contributed by atoms with E-state index in [0.717, 1.165) is 15.4 Å². The molecule has 0 aliphatic heterocycles. The summed E-state index contributed by atoms with van der Waals surface area (Å²) < 4.78 is 13.4. The van der Waals surface area contributed by atoms with Gasteiger partial charge in [-0.2, -0.15) is 9.78 Å². The van der Waals surface area contributed by atoms with Crippen LogP contribution in [-0.4, -0.2) is 35.1 Å². The summed E-state index contributed by atoms with van der Waals surface area (Å²) >= 11 is 6.83. The summed E-state index contributed by atoms with van der Waals surface area (Å²) in [6, 6.07) is 10.7. The molecule has 162 valence electrons. The van der Waals surface area contributed by atoms with E-state index in [4.69, 9.17) is 9.47 Å². The van der Waals surface area contributed by atoms with Crippen LogP contribution in [0.5, 0.6) is 5.75 Å². The molecule has 2 aromatic carbocycles. The second-order valence-electron chi connectivity index (χ2n) is 6.58. The van der Waals surface area contributed by atoms with Gasteiger partial charge in [0, 0.05) is 20.9 Å². The lowest BCUT2D eigenvalue weighted by atomic mass is 10.2. The number of fused-ring (bicyclic) bond motifs is 1. The number of hydrogen-bond donors (Lipinski definition) is 0. The molecule has 0 atom stereocenters. The molecule has 0 amide bonds. The quantitative estimate of drug-likeness (QED) is 0.300. The van der Waals surface area contributed by atoms with Crippen LogP contribution in [0.25, 0.3) is 10.9 Å². The van der Waals surface area contributed by atoms with Crippen LogP contribution in [-0.2, 0) is 16.0 Å². The number of rotatable bonds is 8. The van der Waals surface area contributed by atoms with Crippen molar-refractivity contribution in [2.75, 3.05) is 13.2 Å². The molecular formula is C22H21Br2N3O4.